The second kappa shape index (κ2) is 8.37. The lowest BCUT2D eigenvalue weighted by atomic mass is 10.0. The van der Waals surface area contributed by atoms with Gasteiger partial charge in [-0.1, -0.05) is 42.5 Å². The molecule has 1 aliphatic heterocycles. The molecule has 2 aromatic heterocycles. The summed E-state index contributed by atoms with van der Waals surface area (Å²) in [5.74, 6) is -0.0114. The highest BCUT2D eigenvalue weighted by Crippen LogP contribution is 2.33. The smallest absolute Gasteiger partial charge is 0.246 e. The molecule has 0 spiro atoms. The van der Waals surface area contributed by atoms with Gasteiger partial charge in [0.1, 0.15) is 6.04 Å². The van der Waals surface area contributed by atoms with Crippen LogP contribution in [0.2, 0.25) is 0 Å². The van der Waals surface area contributed by atoms with Crippen LogP contribution in [0.4, 0.5) is 5.69 Å². The molecule has 1 fully saturated rings. The first-order valence-electron chi connectivity index (χ1n) is 10.6. The summed E-state index contributed by atoms with van der Waals surface area (Å²) >= 11 is 0. The van der Waals surface area contributed by atoms with Crippen LogP contribution in [-0.4, -0.2) is 64.1 Å². The molecule has 4 aromatic rings. The number of aromatic amines is 2. The molecule has 7 heteroatoms. The standard InChI is InChI=1S/C24H26N6O/c1-29-10-12-30(13-11-29)23(17-6-3-2-4-7-17)24(31)28-21-9-5-8-19-20(16-25-22(19)21)18-14-26-27-15-18/h2-9,14-16,23,25H,10-13H2,1H3,(H,26,27)(H,28,31)/t23-/m1/s1. The molecular formula is C24H26N6O. The molecule has 0 bridgehead atoms. The second-order valence-corrected chi connectivity index (χ2v) is 8.06. The zero-order valence-corrected chi connectivity index (χ0v) is 17.5. The number of piperazine rings is 1. The van der Waals surface area contributed by atoms with Gasteiger partial charge in [0.25, 0.3) is 0 Å². The molecule has 1 aliphatic rings. The predicted molar refractivity (Wildman–Crippen MR) is 123 cm³/mol. The number of benzene rings is 2. The highest BCUT2D eigenvalue weighted by Gasteiger charge is 2.30. The van der Waals surface area contributed by atoms with E-state index in [0.717, 1.165) is 59.5 Å². The summed E-state index contributed by atoms with van der Waals surface area (Å²) in [6, 6.07) is 15.7. The van der Waals surface area contributed by atoms with E-state index in [-0.39, 0.29) is 11.9 Å². The first-order chi connectivity index (χ1) is 15.2. The topological polar surface area (TPSA) is 80.0 Å². The lowest BCUT2D eigenvalue weighted by Gasteiger charge is -2.37. The predicted octanol–water partition coefficient (Wildman–Crippen LogP) is 3.49. The number of carbonyl (C=O) groups is 1. The summed E-state index contributed by atoms with van der Waals surface area (Å²) < 4.78 is 0. The van der Waals surface area contributed by atoms with Gasteiger partial charge in [0.05, 0.1) is 17.4 Å². The Bertz CT molecular complexity index is 1160. The van der Waals surface area contributed by atoms with Gasteiger partial charge >= 0.3 is 0 Å². The van der Waals surface area contributed by atoms with Crippen molar-refractivity contribution in [2.75, 3.05) is 38.5 Å². The minimum atomic E-state index is -0.325. The Morgan fingerprint density at radius 1 is 1.03 bits per heavy atom. The van der Waals surface area contributed by atoms with Crippen LogP contribution >= 0.6 is 0 Å². The summed E-state index contributed by atoms with van der Waals surface area (Å²) in [4.78, 5) is 21.5. The number of carbonyl (C=O) groups excluding carboxylic acids is 1. The number of H-pyrrole nitrogens is 2. The van der Waals surface area contributed by atoms with Crippen molar-refractivity contribution in [1.29, 1.82) is 0 Å². The number of anilines is 1. The van der Waals surface area contributed by atoms with E-state index in [1.54, 1.807) is 6.20 Å². The third kappa shape index (κ3) is 3.85. The van der Waals surface area contributed by atoms with Gasteiger partial charge in [0.15, 0.2) is 0 Å². The van der Waals surface area contributed by atoms with Crippen LogP contribution in [0.5, 0.6) is 0 Å². The molecule has 5 rings (SSSR count). The van der Waals surface area contributed by atoms with Crippen molar-refractivity contribution in [3.05, 3.63) is 72.7 Å². The highest BCUT2D eigenvalue weighted by molar-refractivity contribution is 6.06. The van der Waals surface area contributed by atoms with Gasteiger partial charge in [-0.2, -0.15) is 5.10 Å². The van der Waals surface area contributed by atoms with Crippen LogP contribution < -0.4 is 5.32 Å². The lowest BCUT2D eigenvalue weighted by Crippen LogP contribution is -2.48. The summed E-state index contributed by atoms with van der Waals surface area (Å²) in [7, 11) is 2.12. The summed E-state index contributed by atoms with van der Waals surface area (Å²) in [6.07, 6.45) is 5.62. The number of nitrogens with zero attached hydrogens (tertiary/aromatic N) is 3. The van der Waals surface area contributed by atoms with Crippen LogP contribution in [-0.2, 0) is 4.79 Å². The van der Waals surface area contributed by atoms with Crippen molar-refractivity contribution in [2.24, 2.45) is 0 Å². The van der Waals surface area contributed by atoms with E-state index in [0.29, 0.717) is 0 Å². The Morgan fingerprint density at radius 2 is 1.84 bits per heavy atom. The third-order valence-corrected chi connectivity index (χ3v) is 6.05. The number of para-hydroxylation sites is 1. The number of amides is 1. The van der Waals surface area contributed by atoms with Crippen LogP contribution in [0.15, 0.2) is 67.1 Å². The largest absolute Gasteiger partial charge is 0.359 e. The quantitative estimate of drug-likeness (QED) is 0.467. The van der Waals surface area contributed by atoms with E-state index < -0.39 is 0 Å². The van der Waals surface area contributed by atoms with Crippen LogP contribution in [0.3, 0.4) is 0 Å². The molecule has 3 N–H and O–H groups in total. The number of nitrogens with one attached hydrogen (secondary N) is 3. The maximum atomic E-state index is 13.6. The molecule has 2 aromatic carbocycles. The SMILES string of the molecule is CN1CCN([C@@H](C(=O)Nc2cccc3c(-c4cn[nH]c4)c[nH]c23)c2ccccc2)CC1. The molecule has 3 heterocycles. The van der Waals surface area contributed by atoms with E-state index in [2.05, 4.69) is 43.4 Å². The highest BCUT2D eigenvalue weighted by atomic mass is 16.2. The summed E-state index contributed by atoms with van der Waals surface area (Å²) in [6.45, 7) is 3.63. The molecule has 31 heavy (non-hydrogen) atoms. The van der Waals surface area contributed by atoms with Crippen molar-refractivity contribution < 1.29 is 4.79 Å². The second-order valence-electron chi connectivity index (χ2n) is 8.06. The maximum absolute atomic E-state index is 13.6. The van der Waals surface area contributed by atoms with E-state index in [4.69, 9.17) is 0 Å². The molecule has 158 valence electrons. The number of hydrogen-bond donors (Lipinski definition) is 3. The Kier molecular flexibility index (Phi) is 5.28. The molecule has 7 nitrogen and oxygen atoms in total. The normalized spacial score (nSPS) is 16.4. The minimum absolute atomic E-state index is 0.0114. The van der Waals surface area contributed by atoms with Crippen molar-refractivity contribution >= 4 is 22.5 Å². The van der Waals surface area contributed by atoms with E-state index in [1.165, 1.54) is 0 Å². The van der Waals surface area contributed by atoms with Crippen molar-refractivity contribution in [2.45, 2.75) is 6.04 Å². The fraction of sp³-hybridized carbons (Fsp3) is 0.250. The van der Waals surface area contributed by atoms with Gasteiger partial charge in [-0.25, -0.2) is 0 Å². The number of fused-ring (bicyclic) bond motifs is 1. The van der Waals surface area contributed by atoms with Gasteiger partial charge < -0.3 is 15.2 Å². The van der Waals surface area contributed by atoms with Gasteiger partial charge in [-0.3, -0.25) is 14.8 Å². The molecule has 0 saturated carbocycles. The first kappa shape index (κ1) is 19.5. The average molecular weight is 415 g/mol. The Morgan fingerprint density at radius 3 is 2.58 bits per heavy atom. The fourth-order valence-electron chi connectivity index (χ4n) is 4.34. The van der Waals surface area contributed by atoms with Crippen LogP contribution in [0.25, 0.3) is 22.0 Å². The van der Waals surface area contributed by atoms with E-state index >= 15 is 0 Å². The van der Waals surface area contributed by atoms with Gasteiger partial charge in [0.2, 0.25) is 5.91 Å². The number of likely N-dealkylation sites (N-methyl/N-ethyl adjacent to an activating group) is 1. The summed E-state index contributed by atoms with van der Waals surface area (Å²) in [5.41, 5.74) is 4.78. The zero-order valence-electron chi connectivity index (χ0n) is 17.5. The summed E-state index contributed by atoms with van der Waals surface area (Å²) in [5, 5.41) is 11.2. The van der Waals surface area contributed by atoms with E-state index in [1.807, 2.05) is 54.9 Å². The monoisotopic (exact) mass is 414 g/mol. The molecule has 0 aliphatic carbocycles. The van der Waals surface area contributed by atoms with Gasteiger partial charge in [0, 0.05) is 55.1 Å². The Balaban J connectivity index is 1.46. The molecular weight excluding hydrogens is 388 g/mol. The average Bonchev–Trinajstić information content (AvgIpc) is 3.46. The number of rotatable bonds is 5. The van der Waals surface area contributed by atoms with Gasteiger partial charge in [-0.05, 0) is 18.7 Å². The molecule has 1 saturated heterocycles. The van der Waals surface area contributed by atoms with Crippen LogP contribution in [0, 0.1) is 0 Å². The van der Waals surface area contributed by atoms with Crippen molar-refractivity contribution in [3.8, 4) is 11.1 Å². The van der Waals surface area contributed by atoms with E-state index in [9.17, 15) is 4.79 Å². The Hall–Kier alpha value is -3.42. The fourth-order valence-corrected chi connectivity index (χ4v) is 4.34. The van der Waals surface area contributed by atoms with Gasteiger partial charge in [-0.15, -0.1) is 0 Å². The van der Waals surface area contributed by atoms with Crippen LogP contribution in [0.1, 0.15) is 11.6 Å². The Labute approximate surface area is 181 Å². The van der Waals surface area contributed by atoms with Crippen molar-refractivity contribution in [3.63, 3.8) is 0 Å². The maximum Gasteiger partial charge on any atom is 0.246 e. The van der Waals surface area contributed by atoms with Crippen molar-refractivity contribution in [1.82, 2.24) is 25.0 Å². The number of hydrogen-bond acceptors (Lipinski definition) is 4. The molecule has 0 radical (unpaired) electrons. The minimum Gasteiger partial charge on any atom is -0.359 e. The lowest BCUT2D eigenvalue weighted by molar-refractivity contribution is -0.122. The molecule has 0 unspecified atom stereocenters. The molecule has 1 amide bonds. The molecule has 1 atom stereocenters. The zero-order chi connectivity index (χ0) is 21.2. The first-order valence-corrected chi connectivity index (χ1v) is 10.6. The third-order valence-electron chi connectivity index (χ3n) is 6.05. The number of aromatic nitrogens is 3.